The van der Waals surface area contributed by atoms with E-state index in [9.17, 15) is 9.59 Å². The van der Waals surface area contributed by atoms with Crippen LogP contribution in [0.25, 0.3) is 0 Å². The molecule has 0 amide bonds. The molecule has 0 spiro atoms. The zero-order valence-corrected chi connectivity index (χ0v) is 22.6. The molecule has 204 valence electrons. The van der Waals surface area contributed by atoms with Gasteiger partial charge < -0.3 is 23.7 Å². The molecular weight excluding hydrogens is 472 g/mol. The van der Waals surface area contributed by atoms with Gasteiger partial charge in [-0.15, -0.1) is 0 Å². The number of carbonyl (C=O) groups is 2. The molecule has 2 aromatic carbocycles. The first-order valence-electron chi connectivity index (χ1n) is 13.2. The summed E-state index contributed by atoms with van der Waals surface area (Å²) >= 11 is 0. The summed E-state index contributed by atoms with van der Waals surface area (Å²) in [6.45, 7) is 9.54. The van der Waals surface area contributed by atoms with Gasteiger partial charge in [0.25, 0.3) is 0 Å². The molecule has 0 aliphatic rings. The summed E-state index contributed by atoms with van der Waals surface area (Å²) in [6, 6.07) is 19.8. The van der Waals surface area contributed by atoms with Crippen LogP contribution in [0.4, 0.5) is 0 Å². The summed E-state index contributed by atoms with van der Waals surface area (Å²) < 4.78 is 28.6. The maximum Gasteiger partial charge on any atom is 0.308 e. The van der Waals surface area contributed by atoms with Crippen molar-refractivity contribution in [2.45, 2.75) is 52.7 Å². The predicted octanol–water partition coefficient (Wildman–Crippen LogP) is 5.70. The van der Waals surface area contributed by atoms with Gasteiger partial charge in [0.05, 0.1) is 38.3 Å². The number of esters is 2. The Balaban J connectivity index is 1.94. The first-order valence-corrected chi connectivity index (χ1v) is 13.2. The van der Waals surface area contributed by atoms with Crippen LogP contribution in [-0.2, 0) is 33.3 Å². The van der Waals surface area contributed by atoms with E-state index in [0.29, 0.717) is 52.5 Å². The third kappa shape index (κ3) is 11.5. The molecule has 0 saturated heterocycles. The fraction of sp³-hybridized carbons (Fsp3) is 0.533. The van der Waals surface area contributed by atoms with Crippen molar-refractivity contribution in [2.24, 2.45) is 11.8 Å². The van der Waals surface area contributed by atoms with Gasteiger partial charge in [0.15, 0.2) is 0 Å². The monoisotopic (exact) mass is 514 g/mol. The van der Waals surface area contributed by atoms with Crippen molar-refractivity contribution >= 4 is 11.9 Å². The molecule has 4 unspecified atom stereocenters. The Hall–Kier alpha value is -2.74. The number of carbonyl (C=O) groups excluding carboxylic acids is 2. The van der Waals surface area contributed by atoms with E-state index >= 15 is 0 Å². The fourth-order valence-electron chi connectivity index (χ4n) is 3.68. The van der Waals surface area contributed by atoms with Gasteiger partial charge in [-0.05, 0) is 37.8 Å². The summed E-state index contributed by atoms with van der Waals surface area (Å²) in [5.41, 5.74) is 2.01. The van der Waals surface area contributed by atoms with Crippen LogP contribution in [0.15, 0.2) is 60.7 Å². The molecule has 0 aromatic heterocycles. The van der Waals surface area contributed by atoms with Gasteiger partial charge >= 0.3 is 11.9 Å². The molecule has 0 aliphatic carbocycles. The molecule has 0 aliphatic heterocycles. The minimum absolute atomic E-state index is 0.210. The average molecular weight is 515 g/mol. The second kappa shape index (κ2) is 17.7. The summed E-state index contributed by atoms with van der Waals surface area (Å²) in [7, 11) is 0. The molecule has 7 nitrogen and oxygen atoms in total. The van der Waals surface area contributed by atoms with Gasteiger partial charge in [0.2, 0.25) is 0 Å². The molecule has 7 heteroatoms. The normalized spacial score (nSPS) is 14.4. The van der Waals surface area contributed by atoms with Crippen molar-refractivity contribution in [1.82, 2.24) is 0 Å². The molecule has 0 bridgehead atoms. The number of benzene rings is 2. The summed E-state index contributed by atoms with van der Waals surface area (Å²) in [5.74, 6) is -0.882. The Morgan fingerprint density at radius 3 is 1.38 bits per heavy atom. The fourth-order valence-corrected chi connectivity index (χ4v) is 3.68. The molecule has 0 saturated carbocycles. The van der Waals surface area contributed by atoms with Gasteiger partial charge in [0.1, 0.15) is 12.2 Å². The van der Waals surface area contributed by atoms with Crippen LogP contribution in [0.2, 0.25) is 0 Å². The van der Waals surface area contributed by atoms with Crippen molar-refractivity contribution in [3.05, 3.63) is 71.8 Å². The second-order valence-corrected chi connectivity index (χ2v) is 8.96. The van der Waals surface area contributed by atoms with Crippen molar-refractivity contribution < 1.29 is 33.3 Å². The van der Waals surface area contributed by atoms with E-state index in [2.05, 4.69) is 0 Å². The van der Waals surface area contributed by atoms with E-state index in [0.717, 1.165) is 11.1 Å². The minimum atomic E-state index is -0.282. The number of rotatable bonds is 18. The van der Waals surface area contributed by atoms with E-state index in [1.165, 1.54) is 0 Å². The molecule has 2 rings (SSSR count). The van der Waals surface area contributed by atoms with Crippen LogP contribution in [0.5, 0.6) is 0 Å². The first kappa shape index (κ1) is 30.5. The van der Waals surface area contributed by atoms with Crippen LogP contribution in [0, 0.1) is 11.8 Å². The summed E-state index contributed by atoms with van der Waals surface area (Å²) in [4.78, 5) is 23.9. The van der Waals surface area contributed by atoms with Gasteiger partial charge in [-0.2, -0.15) is 0 Å². The Kier molecular flexibility index (Phi) is 14.6. The molecule has 0 heterocycles. The van der Waals surface area contributed by atoms with Crippen LogP contribution >= 0.6 is 0 Å². The van der Waals surface area contributed by atoms with Crippen molar-refractivity contribution in [3.63, 3.8) is 0 Å². The van der Waals surface area contributed by atoms with Gasteiger partial charge in [-0.1, -0.05) is 74.5 Å². The highest BCUT2D eigenvalue weighted by Gasteiger charge is 2.20. The van der Waals surface area contributed by atoms with Gasteiger partial charge in [-0.25, -0.2) is 0 Å². The number of ether oxygens (including phenoxy) is 5. The van der Waals surface area contributed by atoms with Crippen molar-refractivity contribution in [3.8, 4) is 0 Å². The molecule has 0 radical (unpaired) electrons. The maximum atomic E-state index is 11.9. The van der Waals surface area contributed by atoms with Gasteiger partial charge in [-0.3, -0.25) is 9.59 Å². The highest BCUT2D eigenvalue weighted by Crippen LogP contribution is 2.23. The minimum Gasteiger partial charge on any atom is -0.466 e. The molecular formula is C30H42O7. The quantitative estimate of drug-likeness (QED) is 0.236. The Morgan fingerprint density at radius 1 is 0.649 bits per heavy atom. The molecule has 0 fully saturated rings. The maximum absolute atomic E-state index is 11.9. The zero-order valence-electron chi connectivity index (χ0n) is 22.6. The third-order valence-electron chi connectivity index (χ3n) is 6.00. The lowest BCUT2D eigenvalue weighted by Gasteiger charge is -2.23. The predicted molar refractivity (Wildman–Crippen MR) is 142 cm³/mol. The first-order chi connectivity index (χ1) is 18.0. The lowest BCUT2D eigenvalue weighted by molar-refractivity contribution is -0.149. The second-order valence-electron chi connectivity index (χ2n) is 8.96. The number of hydrogen-bond acceptors (Lipinski definition) is 7. The van der Waals surface area contributed by atoms with E-state index in [1.54, 1.807) is 13.8 Å². The van der Waals surface area contributed by atoms with Crippen LogP contribution in [0.1, 0.15) is 63.9 Å². The van der Waals surface area contributed by atoms with Crippen LogP contribution in [-0.4, -0.2) is 51.6 Å². The molecule has 4 atom stereocenters. The highest BCUT2D eigenvalue weighted by molar-refractivity contribution is 5.72. The third-order valence-corrected chi connectivity index (χ3v) is 6.00. The molecule has 37 heavy (non-hydrogen) atoms. The SMILES string of the molecule is CCOC(=O)C(C)CCOC(COCC(OCCC(C)C(=O)OCC)c1ccccc1)c1ccccc1. The Bertz CT molecular complexity index is 814. The van der Waals surface area contributed by atoms with Crippen molar-refractivity contribution in [1.29, 1.82) is 0 Å². The summed E-state index contributed by atoms with van der Waals surface area (Å²) in [6.07, 6.45) is 0.569. The Morgan fingerprint density at radius 2 is 1.03 bits per heavy atom. The Labute approximate surface area is 221 Å². The lowest BCUT2D eigenvalue weighted by atomic mass is 10.1. The zero-order chi connectivity index (χ0) is 26.9. The standard InChI is InChI=1S/C30H42O7/c1-5-34-29(31)23(3)17-19-36-27(25-13-9-7-10-14-25)21-33-22-28(26-15-11-8-12-16-26)37-20-18-24(4)30(32)35-6-2/h7-16,23-24,27-28H,5-6,17-22H2,1-4H3. The van der Waals surface area contributed by atoms with Gasteiger partial charge in [0, 0.05) is 13.2 Å². The lowest BCUT2D eigenvalue weighted by Crippen LogP contribution is -2.21. The van der Waals surface area contributed by atoms with E-state index < -0.39 is 0 Å². The number of hydrogen-bond donors (Lipinski definition) is 0. The largest absolute Gasteiger partial charge is 0.466 e. The van der Waals surface area contributed by atoms with Crippen LogP contribution < -0.4 is 0 Å². The molecule has 0 N–H and O–H groups in total. The smallest absolute Gasteiger partial charge is 0.308 e. The molecule has 2 aromatic rings. The van der Waals surface area contributed by atoms with E-state index in [4.69, 9.17) is 23.7 Å². The summed E-state index contributed by atoms with van der Waals surface area (Å²) in [5, 5.41) is 0. The van der Waals surface area contributed by atoms with E-state index in [-0.39, 0.29) is 36.0 Å². The topological polar surface area (TPSA) is 80.3 Å². The van der Waals surface area contributed by atoms with Crippen LogP contribution in [0.3, 0.4) is 0 Å². The van der Waals surface area contributed by atoms with Crippen molar-refractivity contribution in [2.75, 3.05) is 39.6 Å². The van der Waals surface area contributed by atoms with E-state index in [1.807, 2.05) is 74.5 Å². The highest BCUT2D eigenvalue weighted by atomic mass is 16.6. The average Bonchev–Trinajstić information content (AvgIpc) is 2.92.